The number of hydrogen-bond acceptors (Lipinski definition) is 8. The highest BCUT2D eigenvalue weighted by molar-refractivity contribution is 6.38. The summed E-state index contributed by atoms with van der Waals surface area (Å²) in [6.07, 6.45) is 7.39. The molecule has 0 aromatic heterocycles. The van der Waals surface area contributed by atoms with Crippen molar-refractivity contribution in [1.82, 2.24) is 26.2 Å². The molecule has 0 spiro atoms. The smallest absolute Gasteiger partial charge is 0.407 e. The number of hydrogen-bond donors (Lipinski definition) is 5. The standard InChI is InChI=1S/C37H54N6O8/c1-4-11-27(32(45)35(48)39-20-28(44)41-29(33(38)46)23-12-7-5-8-13-23)40-34(47)31-25-16-18-26(19-17-25)43(31)36(49)30(24-14-9-6-10-15-24)42-37(50)51-21-22(2)3/h5,7-8,12-13,22,24-27,29-31H,4,6,9-11,14-21H2,1-3H3,(H2,38,46)(H,39,48)(H,40,47)(H,41,44)(H,42,50)/t25?,26?,27?,29?,30-,31?/m0/s1. The monoisotopic (exact) mass is 710 g/mol. The first-order valence-electron chi connectivity index (χ1n) is 18.4. The molecule has 6 amide bonds. The third-order valence-electron chi connectivity index (χ3n) is 10.2. The number of nitrogens with two attached hydrogens (primary N) is 1. The van der Waals surface area contributed by atoms with Gasteiger partial charge in [0.05, 0.1) is 19.2 Å². The molecular formula is C37H54N6O8. The van der Waals surface area contributed by atoms with E-state index in [0.29, 0.717) is 12.0 Å². The fourth-order valence-electron chi connectivity index (χ4n) is 7.62. The molecule has 14 heteroatoms. The molecule has 280 valence electrons. The zero-order valence-electron chi connectivity index (χ0n) is 30.0. The van der Waals surface area contributed by atoms with Gasteiger partial charge in [-0.15, -0.1) is 0 Å². The van der Waals surface area contributed by atoms with Crippen molar-refractivity contribution < 1.29 is 38.3 Å². The molecule has 3 unspecified atom stereocenters. The van der Waals surface area contributed by atoms with Crippen molar-refractivity contribution in [1.29, 1.82) is 0 Å². The van der Waals surface area contributed by atoms with Crippen molar-refractivity contribution in [2.75, 3.05) is 13.2 Å². The van der Waals surface area contributed by atoms with Crippen LogP contribution < -0.4 is 27.0 Å². The Bertz CT molecular complexity index is 1410. The van der Waals surface area contributed by atoms with Gasteiger partial charge >= 0.3 is 6.09 Å². The molecule has 4 fully saturated rings. The third-order valence-corrected chi connectivity index (χ3v) is 10.2. The molecule has 4 aliphatic rings. The Labute approximate surface area is 299 Å². The van der Waals surface area contributed by atoms with E-state index in [9.17, 15) is 33.6 Å². The Hall–Kier alpha value is -4.49. The highest BCUT2D eigenvalue weighted by Crippen LogP contribution is 2.41. The number of carbonyl (C=O) groups is 7. The van der Waals surface area contributed by atoms with Crippen molar-refractivity contribution in [3.8, 4) is 0 Å². The van der Waals surface area contributed by atoms with Gasteiger partial charge < -0.3 is 36.6 Å². The summed E-state index contributed by atoms with van der Waals surface area (Å²) in [6, 6.07) is 4.13. The van der Waals surface area contributed by atoms with Crippen LogP contribution in [0.15, 0.2) is 30.3 Å². The molecule has 0 radical (unpaired) electrons. The first-order chi connectivity index (χ1) is 24.4. The number of nitrogens with one attached hydrogen (secondary N) is 4. The van der Waals surface area contributed by atoms with Crippen LogP contribution in [0.2, 0.25) is 0 Å². The molecule has 5 rings (SSSR count). The fraction of sp³-hybridized carbons (Fsp3) is 0.649. The first kappa shape index (κ1) is 39.3. The molecule has 1 aromatic rings. The maximum atomic E-state index is 14.5. The van der Waals surface area contributed by atoms with Gasteiger partial charge in [-0.3, -0.25) is 28.8 Å². The molecule has 2 saturated carbocycles. The number of carbonyl (C=O) groups excluding carboxylic acids is 7. The summed E-state index contributed by atoms with van der Waals surface area (Å²) in [4.78, 5) is 94.0. The molecule has 4 atom stereocenters. The molecule has 2 saturated heterocycles. The number of rotatable bonds is 16. The second kappa shape index (κ2) is 18.7. The molecule has 51 heavy (non-hydrogen) atoms. The number of fused-ring (bicyclic) bond motifs is 3. The van der Waals surface area contributed by atoms with Crippen molar-refractivity contribution in [2.45, 2.75) is 122 Å². The Morgan fingerprint density at radius 3 is 2.16 bits per heavy atom. The van der Waals surface area contributed by atoms with Crippen LogP contribution in [0.4, 0.5) is 4.79 Å². The van der Waals surface area contributed by atoms with E-state index < -0.39 is 66.2 Å². The minimum Gasteiger partial charge on any atom is -0.449 e. The number of primary amides is 1. The van der Waals surface area contributed by atoms with Crippen LogP contribution in [0.25, 0.3) is 0 Å². The lowest BCUT2D eigenvalue weighted by Gasteiger charge is -2.52. The minimum absolute atomic E-state index is 0.0942. The van der Waals surface area contributed by atoms with Gasteiger partial charge in [0.1, 0.15) is 18.1 Å². The lowest BCUT2D eigenvalue weighted by Crippen LogP contribution is -2.67. The van der Waals surface area contributed by atoms with E-state index in [1.807, 2.05) is 20.8 Å². The van der Waals surface area contributed by atoms with Crippen molar-refractivity contribution in [3.63, 3.8) is 0 Å². The zero-order valence-corrected chi connectivity index (χ0v) is 30.0. The van der Waals surface area contributed by atoms with Crippen molar-refractivity contribution >= 4 is 41.4 Å². The fourth-order valence-corrected chi connectivity index (χ4v) is 7.62. The van der Waals surface area contributed by atoms with E-state index in [-0.39, 0.29) is 42.7 Å². The van der Waals surface area contributed by atoms with Crippen LogP contribution in [0.1, 0.15) is 103 Å². The number of amides is 6. The maximum Gasteiger partial charge on any atom is 0.407 e. The third kappa shape index (κ3) is 10.5. The number of piperidine rings is 2. The van der Waals surface area contributed by atoms with E-state index in [1.165, 1.54) is 0 Å². The zero-order chi connectivity index (χ0) is 37.1. The quantitative estimate of drug-likeness (QED) is 0.161. The van der Waals surface area contributed by atoms with E-state index in [2.05, 4.69) is 21.3 Å². The average Bonchev–Trinajstić information content (AvgIpc) is 3.14. The Balaban J connectivity index is 1.44. The normalized spacial score (nSPS) is 21.9. The Kier molecular flexibility index (Phi) is 14.4. The topological polar surface area (TPSA) is 206 Å². The summed E-state index contributed by atoms with van der Waals surface area (Å²) < 4.78 is 5.39. The van der Waals surface area contributed by atoms with Gasteiger partial charge in [-0.05, 0) is 68.3 Å². The van der Waals surface area contributed by atoms with Crippen LogP contribution in [0.3, 0.4) is 0 Å². The summed E-state index contributed by atoms with van der Waals surface area (Å²) in [5, 5.41) is 10.4. The molecule has 1 aromatic carbocycles. The summed E-state index contributed by atoms with van der Waals surface area (Å²) in [5.74, 6) is -4.48. The highest BCUT2D eigenvalue weighted by atomic mass is 16.5. The van der Waals surface area contributed by atoms with Gasteiger partial charge in [0.15, 0.2) is 0 Å². The number of ketones is 1. The molecule has 14 nitrogen and oxygen atoms in total. The van der Waals surface area contributed by atoms with E-state index in [1.54, 1.807) is 35.2 Å². The first-order valence-corrected chi connectivity index (χ1v) is 18.4. The summed E-state index contributed by atoms with van der Waals surface area (Å²) >= 11 is 0. The SMILES string of the molecule is CCCC(NC(=O)C1C2CCC(CC2)N1C(=O)[C@@H](NC(=O)OCC(C)C)C1CCCCC1)C(=O)C(=O)NCC(=O)NC(C(N)=O)c1ccccc1. The van der Waals surface area contributed by atoms with Crippen LogP contribution in [-0.4, -0.2) is 83.6 Å². The number of alkyl carbamates (subject to hydrolysis) is 1. The molecule has 2 bridgehead atoms. The van der Waals surface area contributed by atoms with Crippen LogP contribution >= 0.6 is 0 Å². The largest absolute Gasteiger partial charge is 0.449 e. The highest BCUT2D eigenvalue weighted by Gasteiger charge is 2.50. The second-order valence-corrected chi connectivity index (χ2v) is 14.5. The van der Waals surface area contributed by atoms with E-state index >= 15 is 0 Å². The van der Waals surface area contributed by atoms with Crippen molar-refractivity contribution in [2.24, 2.45) is 23.5 Å². The average molecular weight is 711 g/mol. The molecule has 2 heterocycles. The number of ether oxygens (including phenoxy) is 1. The van der Waals surface area contributed by atoms with Gasteiger partial charge in [-0.25, -0.2) is 4.79 Å². The van der Waals surface area contributed by atoms with Crippen molar-refractivity contribution in [3.05, 3.63) is 35.9 Å². The Morgan fingerprint density at radius 1 is 0.882 bits per heavy atom. The van der Waals surface area contributed by atoms with Crippen LogP contribution in [0.5, 0.6) is 0 Å². The Morgan fingerprint density at radius 2 is 1.55 bits per heavy atom. The predicted molar refractivity (Wildman–Crippen MR) is 187 cm³/mol. The van der Waals surface area contributed by atoms with Gasteiger partial charge in [-0.2, -0.15) is 0 Å². The van der Waals surface area contributed by atoms with Crippen LogP contribution in [-0.2, 0) is 33.5 Å². The van der Waals surface area contributed by atoms with Gasteiger partial charge in [-0.1, -0.05) is 76.8 Å². The number of nitrogens with zero attached hydrogens (tertiary/aromatic N) is 1. The minimum atomic E-state index is -1.19. The predicted octanol–water partition coefficient (Wildman–Crippen LogP) is 2.40. The summed E-state index contributed by atoms with van der Waals surface area (Å²) in [7, 11) is 0. The van der Waals surface area contributed by atoms with E-state index in [0.717, 1.165) is 57.8 Å². The molecule has 2 aliphatic carbocycles. The molecule has 6 N–H and O–H groups in total. The maximum absolute atomic E-state index is 14.5. The van der Waals surface area contributed by atoms with Gasteiger partial charge in [0.25, 0.3) is 5.91 Å². The summed E-state index contributed by atoms with van der Waals surface area (Å²) in [6.45, 7) is 5.27. The van der Waals surface area contributed by atoms with Gasteiger partial charge in [0, 0.05) is 6.04 Å². The molecular weight excluding hydrogens is 656 g/mol. The number of Topliss-reactive ketones (excluding diaryl/α,β-unsaturated/α-hetero) is 1. The summed E-state index contributed by atoms with van der Waals surface area (Å²) in [5.41, 5.74) is 5.93. The second-order valence-electron chi connectivity index (χ2n) is 14.5. The lowest BCUT2D eigenvalue weighted by molar-refractivity contribution is -0.157. The van der Waals surface area contributed by atoms with E-state index in [4.69, 9.17) is 10.5 Å². The van der Waals surface area contributed by atoms with Crippen LogP contribution in [0, 0.1) is 17.8 Å². The number of benzene rings is 1. The lowest BCUT2D eigenvalue weighted by atomic mass is 9.73. The molecule has 2 aliphatic heterocycles. The van der Waals surface area contributed by atoms with Gasteiger partial charge in [0.2, 0.25) is 29.4 Å².